The van der Waals surface area contributed by atoms with Gasteiger partial charge in [0.2, 0.25) is 5.88 Å². The third-order valence-corrected chi connectivity index (χ3v) is 2.21. The predicted molar refractivity (Wildman–Crippen MR) is 58.5 cm³/mol. The molecule has 0 saturated carbocycles. The van der Waals surface area contributed by atoms with E-state index in [9.17, 15) is 4.79 Å². The summed E-state index contributed by atoms with van der Waals surface area (Å²) in [5.41, 5.74) is 1.07. The smallest absolute Gasteiger partial charge is 0.258 e. The number of hydrogen-bond acceptors (Lipinski definition) is 4. The largest absolute Gasteiger partial charge is 0.481 e. The van der Waals surface area contributed by atoms with Crippen molar-refractivity contribution in [3.63, 3.8) is 0 Å². The van der Waals surface area contributed by atoms with Gasteiger partial charge in [-0.15, -0.1) is 0 Å². The van der Waals surface area contributed by atoms with Crippen molar-refractivity contribution < 1.29 is 14.6 Å². The molecule has 6 nitrogen and oxygen atoms in total. The summed E-state index contributed by atoms with van der Waals surface area (Å²) in [5, 5.41) is 15.4. The molecule has 0 aliphatic heterocycles. The fraction of sp³-hybridized carbons (Fsp3) is 0.600. The van der Waals surface area contributed by atoms with E-state index in [1.165, 1.54) is 11.8 Å². The number of nitrogens with one attached hydrogen (secondary N) is 1. The second-order valence-electron chi connectivity index (χ2n) is 3.43. The van der Waals surface area contributed by atoms with Gasteiger partial charge in [0.15, 0.2) is 0 Å². The molecule has 1 aromatic heterocycles. The highest BCUT2D eigenvalue weighted by Crippen LogP contribution is 2.20. The average Bonchev–Trinajstić information content (AvgIpc) is 2.53. The normalized spacial score (nSPS) is 10.2. The molecular weight excluding hydrogens is 210 g/mol. The summed E-state index contributed by atoms with van der Waals surface area (Å²) in [6, 6.07) is 0. The molecule has 0 radical (unpaired) electrons. The van der Waals surface area contributed by atoms with Crippen molar-refractivity contribution in [1.29, 1.82) is 0 Å². The van der Waals surface area contributed by atoms with Crippen LogP contribution in [0.25, 0.3) is 0 Å². The fourth-order valence-electron chi connectivity index (χ4n) is 1.50. The Labute approximate surface area is 94.2 Å². The van der Waals surface area contributed by atoms with Gasteiger partial charge in [-0.1, -0.05) is 0 Å². The molecule has 0 aliphatic rings. The highest BCUT2D eigenvalue weighted by Gasteiger charge is 2.20. The lowest BCUT2D eigenvalue weighted by atomic mass is 10.2. The Hall–Kier alpha value is -1.56. The summed E-state index contributed by atoms with van der Waals surface area (Å²) in [5.74, 6) is 0.217. The van der Waals surface area contributed by atoms with E-state index >= 15 is 0 Å². The zero-order valence-electron chi connectivity index (χ0n) is 9.78. The average molecular weight is 227 g/mol. The highest BCUT2D eigenvalue weighted by molar-refractivity contribution is 5.97. The molecule has 6 heteroatoms. The number of aliphatic hydroxyl groups is 1. The van der Waals surface area contributed by atoms with Gasteiger partial charge in [-0.25, -0.2) is 4.68 Å². The van der Waals surface area contributed by atoms with Crippen LogP contribution in [-0.4, -0.2) is 41.1 Å². The van der Waals surface area contributed by atoms with Crippen molar-refractivity contribution in [2.24, 2.45) is 7.05 Å². The molecule has 0 saturated heterocycles. The van der Waals surface area contributed by atoms with Crippen molar-refractivity contribution in [1.82, 2.24) is 15.1 Å². The molecule has 0 fully saturated rings. The molecule has 90 valence electrons. The summed E-state index contributed by atoms with van der Waals surface area (Å²) in [6.07, 6.45) is 0.535. The summed E-state index contributed by atoms with van der Waals surface area (Å²) in [6.45, 7) is 2.25. The molecule has 1 heterocycles. The zero-order valence-corrected chi connectivity index (χ0v) is 9.78. The number of amides is 1. The molecule has 16 heavy (non-hydrogen) atoms. The lowest BCUT2D eigenvalue weighted by molar-refractivity contribution is 0.0947. The number of methoxy groups -OCH3 is 1. The Bertz CT molecular complexity index is 374. The molecule has 0 spiro atoms. The Morgan fingerprint density at radius 2 is 2.31 bits per heavy atom. The minimum Gasteiger partial charge on any atom is -0.481 e. The molecule has 0 aliphatic carbocycles. The number of aryl methyl sites for hydroxylation is 2. The third kappa shape index (κ3) is 2.52. The third-order valence-electron chi connectivity index (χ3n) is 2.21. The van der Waals surface area contributed by atoms with Gasteiger partial charge in [-0.3, -0.25) is 4.79 Å². The lowest BCUT2D eigenvalue weighted by Crippen LogP contribution is -2.25. The number of nitrogens with zero attached hydrogens (tertiary/aromatic N) is 2. The second kappa shape index (κ2) is 5.50. The van der Waals surface area contributed by atoms with Crippen LogP contribution < -0.4 is 10.1 Å². The maximum atomic E-state index is 11.8. The molecule has 0 aromatic carbocycles. The molecule has 0 atom stereocenters. The Balaban J connectivity index is 2.81. The summed E-state index contributed by atoms with van der Waals surface area (Å²) >= 11 is 0. The standard InChI is InChI=1S/C10H17N3O3/c1-7-8(9(15)11-5-4-6-14)10(16-3)13(2)12-7/h14H,4-6H2,1-3H3,(H,11,15). The molecule has 2 N–H and O–H groups in total. The first-order valence-corrected chi connectivity index (χ1v) is 5.08. The van der Waals surface area contributed by atoms with E-state index in [-0.39, 0.29) is 12.5 Å². The first kappa shape index (κ1) is 12.5. The van der Waals surface area contributed by atoms with E-state index in [1.54, 1.807) is 14.0 Å². The van der Waals surface area contributed by atoms with Crippen LogP contribution in [0.1, 0.15) is 22.5 Å². The van der Waals surface area contributed by atoms with E-state index in [0.29, 0.717) is 30.1 Å². The fourth-order valence-corrected chi connectivity index (χ4v) is 1.50. The maximum absolute atomic E-state index is 11.8. The number of hydrogen-bond donors (Lipinski definition) is 2. The SMILES string of the molecule is COc1c(C(=O)NCCCO)c(C)nn1C. The van der Waals surface area contributed by atoms with Gasteiger partial charge >= 0.3 is 0 Å². The van der Waals surface area contributed by atoms with Crippen LogP contribution in [0.4, 0.5) is 0 Å². The number of rotatable bonds is 5. The summed E-state index contributed by atoms with van der Waals surface area (Å²) < 4.78 is 6.64. The molecule has 1 aromatic rings. The van der Waals surface area contributed by atoms with Crippen LogP contribution in [0, 0.1) is 6.92 Å². The van der Waals surface area contributed by atoms with Crippen LogP contribution >= 0.6 is 0 Å². The first-order valence-electron chi connectivity index (χ1n) is 5.08. The van der Waals surface area contributed by atoms with E-state index < -0.39 is 0 Å². The summed E-state index contributed by atoms with van der Waals surface area (Å²) in [7, 11) is 3.22. The zero-order chi connectivity index (χ0) is 12.1. The number of carbonyl (C=O) groups is 1. The van der Waals surface area contributed by atoms with Crippen molar-refractivity contribution in [3.8, 4) is 5.88 Å². The number of carbonyl (C=O) groups excluding carboxylic acids is 1. The van der Waals surface area contributed by atoms with Crippen LogP contribution in [-0.2, 0) is 7.05 Å². The van der Waals surface area contributed by atoms with Gasteiger partial charge in [0.05, 0.1) is 12.8 Å². The van der Waals surface area contributed by atoms with Gasteiger partial charge in [-0.2, -0.15) is 5.10 Å². The maximum Gasteiger partial charge on any atom is 0.258 e. The van der Waals surface area contributed by atoms with Gasteiger partial charge in [0.1, 0.15) is 5.56 Å². The Kier molecular flexibility index (Phi) is 4.30. The number of ether oxygens (including phenoxy) is 1. The molecule has 1 amide bonds. The van der Waals surface area contributed by atoms with Crippen molar-refractivity contribution in [2.45, 2.75) is 13.3 Å². The Morgan fingerprint density at radius 1 is 1.62 bits per heavy atom. The lowest BCUT2D eigenvalue weighted by Gasteiger charge is -2.05. The minimum atomic E-state index is -0.226. The second-order valence-corrected chi connectivity index (χ2v) is 3.43. The molecule has 0 unspecified atom stereocenters. The van der Waals surface area contributed by atoms with Gasteiger partial charge in [0, 0.05) is 20.2 Å². The molecular formula is C10H17N3O3. The van der Waals surface area contributed by atoms with Crippen LogP contribution in [0.15, 0.2) is 0 Å². The Morgan fingerprint density at radius 3 is 2.88 bits per heavy atom. The van der Waals surface area contributed by atoms with Gasteiger partial charge in [-0.05, 0) is 13.3 Å². The molecule has 1 rings (SSSR count). The van der Waals surface area contributed by atoms with E-state index in [0.717, 1.165) is 0 Å². The van der Waals surface area contributed by atoms with Crippen molar-refractivity contribution >= 4 is 5.91 Å². The first-order chi connectivity index (χ1) is 7.61. The quantitative estimate of drug-likeness (QED) is 0.686. The van der Waals surface area contributed by atoms with Crippen LogP contribution in [0.3, 0.4) is 0 Å². The van der Waals surface area contributed by atoms with Crippen LogP contribution in [0.2, 0.25) is 0 Å². The van der Waals surface area contributed by atoms with Crippen LogP contribution in [0.5, 0.6) is 5.88 Å². The predicted octanol–water partition coefficient (Wildman–Crippen LogP) is -0.151. The highest BCUT2D eigenvalue weighted by atomic mass is 16.5. The minimum absolute atomic E-state index is 0.0590. The van der Waals surface area contributed by atoms with Gasteiger partial charge in [0.25, 0.3) is 5.91 Å². The van der Waals surface area contributed by atoms with Crippen molar-refractivity contribution in [2.75, 3.05) is 20.3 Å². The number of aromatic nitrogens is 2. The topological polar surface area (TPSA) is 76.4 Å². The van der Waals surface area contributed by atoms with E-state index in [4.69, 9.17) is 9.84 Å². The monoisotopic (exact) mass is 227 g/mol. The van der Waals surface area contributed by atoms with Gasteiger partial charge < -0.3 is 15.2 Å². The van der Waals surface area contributed by atoms with E-state index in [1.807, 2.05) is 0 Å². The van der Waals surface area contributed by atoms with Crippen molar-refractivity contribution in [3.05, 3.63) is 11.3 Å². The molecule has 0 bridgehead atoms. The van der Waals surface area contributed by atoms with E-state index in [2.05, 4.69) is 10.4 Å². The summed E-state index contributed by atoms with van der Waals surface area (Å²) in [4.78, 5) is 11.8. The number of aliphatic hydroxyl groups excluding tert-OH is 1.